The number of unbranched alkanes of at least 4 members (excludes halogenated alkanes) is 1. The van der Waals surface area contributed by atoms with Gasteiger partial charge in [0.2, 0.25) is 0 Å². The smallest absolute Gasteiger partial charge is 0.130 e. The van der Waals surface area contributed by atoms with Crippen LogP contribution < -0.4 is 10.6 Å². The zero-order chi connectivity index (χ0) is 29.2. The van der Waals surface area contributed by atoms with Crippen molar-refractivity contribution in [1.82, 2.24) is 4.44 Å². The highest BCUT2D eigenvalue weighted by Gasteiger charge is 2.60. The van der Waals surface area contributed by atoms with E-state index in [4.69, 9.17) is 13.3 Å². The summed E-state index contributed by atoms with van der Waals surface area (Å²) in [7, 11) is -5.80. The molecule has 0 amide bonds. The Hall–Kier alpha value is -2.58. The lowest BCUT2D eigenvalue weighted by molar-refractivity contribution is 0.583. The number of rotatable bonds is 9. The number of benzene rings is 4. The van der Waals surface area contributed by atoms with Gasteiger partial charge in [-0.3, -0.25) is 0 Å². The summed E-state index contributed by atoms with van der Waals surface area (Å²) in [4.78, 5) is 0. The maximum absolute atomic E-state index is 14.9. The summed E-state index contributed by atoms with van der Waals surface area (Å²) in [6, 6.07) is 27.2. The Morgan fingerprint density at radius 1 is 0.707 bits per heavy atom. The minimum Gasteiger partial charge on any atom is -0.207 e. The normalized spacial score (nSPS) is 18.6. The summed E-state index contributed by atoms with van der Waals surface area (Å²) < 4.78 is 61.8. The molecule has 4 aromatic rings. The van der Waals surface area contributed by atoms with Gasteiger partial charge in [-0.1, -0.05) is 74.0 Å². The first kappa shape index (κ1) is 29.9. The van der Waals surface area contributed by atoms with E-state index >= 15 is 0 Å². The van der Waals surface area contributed by atoms with Crippen molar-refractivity contribution in [3.05, 3.63) is 145 Å². The van der Waals surface area contributed by atoms with Gasteiger partial charge in [-0.15, -0.1) is 11.1 Å². The summed E-state index contributed by atoms with van der Waals surface area (Å²) in [6.07, 6.45) is 3.38. The van der Waals surface area contributed by atoms with Crippen LogP contribution in [0.4, 0.5) is 17.6 Å². The molecule has 0 aromatic heterocycles. The molecule has 0 saturated carbocycles. The van der Waals surface area contributed by atoms with E-state index in [0.717, 1.165) is 48.9 Å². The molecule has 4 aromatic carbocycles. The largest absolute Gasteiger partial charge is 0.207 e. The average molecular weight is 596 g/mol. The summed E-state index contributed by atoms with van der Waals surface area (Å²) >= 11 is 0. The fraction of sp³-hybridized carbons (Fsp3) is 0.235. The first-order valence-electron chi connectivity index (χ1n) is 14.0. The van der Waals surface area contributed by atoms with E-state index < -0.39 is 38.1 Å². The third-order valence-electron chi connectivity index (χ3n) is 8.25. The standard InChI is InChI=1S/C34H35F4NP2/c1-4-5-18-39(40(2,31-21-27(35)19-28(36)22-31)32-23-29(37)20-30(38)24-32)41(3)33(25-12-8-6-9-13-25)16-17-34(41)26-14-10-7-11-15-26/h6-15,19-24,33-34H,2-5,16-18H2,1H3/t33-,34-/m0/s1. The molecule has 1 nitrogen and oxygen atoms in total. The third-order valence-corrected chi connectivity index (χ3v) is 17.7. The summed E-state index contributed by atoms with van der Waals surface area (Å²) in [5, 5.41) is 0.620. The number of hydrogen-bond donors (Lipinski definition) is 0. The van der Waals surface area contributed by atoms with Gasteiger partial charge in [0.05, 0.1) is 35.9 Å². The predicted octanol–water partition coefficient (Wildman–Crippen LogP) is 10.0. The molecule has 1 fully saturated rings. The zero-order valence-electron chi connectivity index (χ0n) is 23.2. The van der Waals surface area contributed by atoms with Gasteiger partial charge in [0.25, 0.3) is 0 Å². The zero-order valence-corrected chi connectivity index (χ0v) is 25.0. The van der Waals surface area contributed by atoms with Gasteiger partial charge in [-0.05, 0) is 30.4 Å². The molecule has 1 aliphatic heterocycles. The second kappa shape index (κ2) is 12.3. The van der Waals surface area contributed by atoms with Crippen LogP contribution in [-0.4, -0.2) is 11.0 Å². The van der Waals surface area contributed by atoms with Gasteiger partial charge in [-0.25, -0.2) is 17.6 Å². The molecule has 0 unspecified atom stereocenters. The number of nitrogens with zero attached hydrogens (tertiary/aromatic N) is 1. The fourth-order valence-electron chi connectivity index (χ4n) is 6.36. The Morgan fingerprint density at radius 3 is 1.46 bits per heavy atom. The van der Waals surface area contributed by atoms with Crippen molar-refractivity contribution in [2.45, 2.75) is 43.9 Å². The summed E-state index contributed by atoms with van der Waals surface area (Å²) in [6.45, 7) is 12.4. The molecule has 0 spiro atoms. The highest BCUT2D eigenvalue weighted by atomic mass is 31.2. The lowest BCUT2D eigenvalue weighted by Crippen LogP contribution is -2.38. The molecule has 0 bridgehead atoms. The average Bonchev–Trinajstić information content (AvgIpc) is 3.30. The Morgan fingerprint density at radius 2 is 1.10 bits per heavy atom. The molecule has 41 heavy (non-hydrogen) atoms. The lowest BCUT2D eigenvalue weighted by atomic mass is 10.0. The SMILES string of the molecule is [CH2-][P+](c1cc(F)cc(F)c1)(c1cc(F)cc(F)c1)N(CCCC)[P+]1([CH2-])[C@H](c2ccccc2)CC[C@H]1c1ccccc1. The Bertz CT molecular complexity index is 1340. The van der Waals surface area contributed by atoms with Crippen LogP contribution in [0.15, 0.2) is 97.1 Å². The molecular weight excluding hydrogens is 560 g/mol. The second-order valence-corrected chi connectivity index (χ2v) is 17.7. The molecule has 0 N–H and O–H groups in total. The van der Waals surface area contributed by atoms with Crippen molar-refractivity contribution >= 4 is 25.4 Å². The molecule has 1 aliphatic rings. The van der Waals surface area contributed by atoms with E-state index in [2.05, 4.69) is 35.6 Å². The van der Waals surface area contributed by atoms with Gasteiger partial charge < -0.3 is 0 Å². The predicted molar refractivity (Wildman–Crippen MR) is 166 cm³/mol. The van der Waals surface area contributed by atoms with E-state index in [0.29, 0.717) is 17.2 Å². The second-order valence-electron chi connectivity index (χ2n) is 10.8. The molecule has 2 atom stereocenters. The Balaban J connectivity index is 1.83. The topological polar surface area (TPSA) is 3.24 Å². The van der Waals surface area contributed by atoms with Crippen LogP contribution in [-0.2, 0) is 0 Å². The molecule has 7 heteroatoms. The van der Waals surface area contributed by atoms with E-state index in [-0.39, 0.29) is 11.3 Å². The van der Waals surface area contributed by atoms with Crippen LogP contribution in [0.1, 0.15) is 55.1 Å². The maximum atomic E-state index is 14.9. The van der Waals surface area contributed by atoms with Gasteiger partial charge in [0, 0.05) is 43.8 Å². The first-order valence-corrected chi connectivity index (χ1v) is 17.9. The fourth-order valence-corrected chi connectivity index (χ4v) is 16.8. The lowest BCUT2D eigenvalue weighted by Gasteiger charge is -2.51. The maximum Gasteiger partial charge on any atom is 0.130 e. The number of halogens is 4. The van der Waals surface area contributed by atoms with Crippen molar-refractivity contribution in [2.75, 3.05) is 6.54 Å². The quantitative estimate of drug-likeness (QED) is 0.106. The monoisotopic (exact) mass is 595 g/mol. The van der Waals surface area contributed by atoms with E-state index in [1.807, 2.05) is 36.4 Å². The molecule has 1 heterocycles. The minimum absolute atomic E-state index is 0.0451. The van der Waals surface area contributed by atoms with Crippen molar-refractivity contribution in [3.8, 4) is 0 Å². The van der Waals surface area contributed by atoms with Crippen molar-refractivity contribution in [3.63, 3.8) is 0 Å². The molecule has 0 aliphatic carbocycles. The minimum atomic E-state index is -3.24. The molecule has 0 radical (unpaired) electrons. The van der Waals surface area contributed by atoms with Crippen LogP contribution in [0.2, 0.25) is 0 Å². The van der Waals surface area contributed by atoms with E-state index in [1.165, 1.54) is 24.3 Å². The van der Waals surface area contributed by atoms with Crippen molar-refractivity contribution in [1.29, 1.82) is 0 Å². The van der Waals surface area contributed by atoms with Crippen LogP contribution >= 0.6 is 14.8 Å². The van der Waals surface area contributed by atoms with Crippen molar-refractivity contribution in [2.24, 2.45) is 0 Å². The van der Waals surface area contributed by atoms with E-state index in [9.17, 15) is 17.6 Å². The molecular formula is C34H35F4NP2. The van der Waals surface area contributed by atoms with Gasteiger partial charge >= 0.3 is 0 Å². The van der Waals surface area contributed by atoms with E-state index in [1.54, 1.807) is 0 Å². The highest BCUT2D eigenvalue weighted by Crippen LogP contribution is 2.91. The van der Waals surface area contributed by atoms with Crippen LogP contribution in [0.3, 0.4) is 0 Å². The van der Waals surface area contributed by atoms with Crippen molar-refractivity contribution < 1.29 is 17.6 Å². The van der Waals surface area contributed by atoms with Gasteiger partial charge in [0.15, 0.2) is 0 Å². The first-order chi connectivity index (χ1) is 19.7. The van der Waals surface area contributed by atoms with Crippen LogP contribution in [0.5, 0.6) is 0 Å². The summed E-state index contributed by atoms with van der Waals surface area (Å²) in [5.74, 6) is -2.99. The van der Waals surface area contributed by atoms with Gasteiger partial charge in [-0.2, -0.15) is 6.66 Å². The Kier molecular flexibility index (Phi) is 9.00. The Labute approximate surface area is 242 Å². The van der Waals surface area contributed by atoms with Crippen LogP contribution in [0.25, 0.3) is 0 Å². The summed E-state index contributed by atoms with van der Waals surface area (Å²) in [5.41, 5.74) is 2.39. The third kappa shape index (κ3) is 5.74. The molecule has 5 rings (SSSR count). The molecule has 1 saturated heterocycles. The van der Waals surface area contributed by atoms with Gasteiger partial charge in [0.1, 0.15) is 23.3 Å². The molecule has 214 valence electrons. The number of hydrogen-bond acceptors (Lipinski definition) is 1. The van der Waals surface area contributed by atoms with Crippen LogP contribution in [0, 0.1) is 36.6 Å². The highest BCUT2D eigenvalue weighted by molar-refractivity contribution is 7.97.